The summed E-state index contributed by atoms with van der Waals surface area (Å²) in [6, 6.07) is 3.71. The molecule has 0 amide bonds. The van der Waals surface area contributed by atoms with Crippen LogP contribution in [0.1, 0.15) is 18.4 Å². The van der Waals surface area contributed by atoms with Gasteiger partial charge in [0.15, 0.2) is 0 Å². The van der Waals surface area contributed by atoms with Crippen molar-refractivity contribution >= 4 is 22.4 Å². The molecule has 2 rings (SSSR count). The van der Waals surface area contributed by atoms with Gasteiger partial charge in [0.2, 0.25) is 10.0 Å². The highest BCUT2D eigenvalue weighted by Crippen LogP contribution is 2.06. The molecule has 1 aliphatic heterocycles. The number of pyridine rings is 1. The van der Waals surface area contributed by atoms with Crippen molar-refractivity contribution in [2.24, 2.45) is 0 Å². The summed E-state index contributed by atoms with van der Waals surface area (Å²) in [5, 5.41) is 3.26. The van der Waals surface area contributed by atoms with Crippen LogP contribution < -0.4 is 10.0 Å². The minimum atomic E-state index is -3.24. The molecule has 0 bridgehead atoms. The van der Waals surface area contributed by atoms with E-state index in [0.29, 0.717) is 6.54 Å². The van der Waals surface area contributed by atoms with Crippen LogP contribution in [0.3, 0.4) is 0 Å². The SMILES string of the molecule is Cl.O=S(=O)(Cc1ccncc1)NCC1CCCN1. The van der Waals surface area contributed by atoms with Crippen molar-refractivity contribution in [1.29, 1.82) is 0 Å². The van der Waals surface area contributed by atoms with E-state index >= 15 is 0 Å². The van der Waals surface area contributed by atoms with Gasteiger partial charge in [-0.15, -0.1) is 12.4 Å². The van der Waals surface area contributed by atoms with Crippen LogP contribution in [0.5, 0.6) is 0 Å². The number of nitrogens with one attached hydrogen (secondary N) is 2. The summed E-state index contributed by atoms with van der Waals surface area (Å²) < 4.78 is 26.2. The van der Waals surface area contributed by atoms with E-state index in [4.69, 9.17) is 0 Å². The lowest BCUT2D eigenvalue weighted by atomic mass is 10.2. The smallest absolute Gasteiger partial charge is 0.215 e. The number of rotatable bonds is 5. The standard InChI is InChI=1S/C11H17N3O2S.ClH/c15-17(16,9-10-3-6-12-7-4-10)14-8-11-2-1-5-13-11;/h3-4,6-7,11,13-14H,1-2,5,8-9H2;1H. The maximum absolute atomic E-state index is 11.8. The van der Waals surface area contributed by atoms with Gasteiger partial charge in [-0.3, -0.25) is 4.98 Å². The molecule has 1 unspecified atom stereocenters. The van der Waals surface area contributed by atoms with Gasteiger partial charge in [0.05, 0.1) is 5.75 Å². The van der Waals surface area contributed by atoms with Crippen molar-refractivity contribution in [3.8, 4) is 0 Å². The van der Waals surface area contributed by atoms with Gasteiger partial charge in [0, 0.05) is 25.0 Å². The summed E-state index contributed by atoms with van der Waals surface area (Å²) in [5.74, 6) is 0.0161. The Kier molecular flexibility index (Phi) is 6.01. The van der Waals surface area contributed by atoms with E-state index in [-0.39, 0.29) is 24.2 Å². The van der Waals surface area contributed by atoms with Gasteiger partial charge in [0.1, 0.15) is 0 Å². The second-order valence-electron chi connectivity index (χ2n) is 4.26. The Hall–Kier alpha value is -0.690. The zero-order valence-electron chi connectivity index (χ0n) is 10.0. The van der Waals surface area contributed by atoms with E-state index in [1.807, 2.05) is 0 Å². The number of hydrogen-bond acceptors (Lipinski definition) is 4. The topological polar surface area (TPSA) is 71.1 Å². The van der Waals surface area contributed by atoms with E-state index in [1.165, 1.54) is 0 Å². The van der Waals surface area contributed by atoms with Crippen LogP contribution in [0.25, 0.3) is 0 Å². The highest BCUT2D eigenvalue weighted by Gasteiger charge is 2.17. The van der Waals surface area contributed by atoms with E-state index in [9.17, 15) is 8.42 Å². The average molecular weight is 292 g/mol. The molecule has 1 saturated heterocycles. The molecule has 1 fully saturated rings. The molecule has 0 spiro atoms. The normalized spacial score (nSPS) is 19.4. The molecule has 1 aliphatic rings. The monoisotopic (exact) mass is 291 g/mol. The summed E-state index contributed by atoms with van der Waals surface area (Å²) in [7, 11) is -3.24. The Morgan fingerprint density at radius 1 is 1.39 bits per heavy atom. The van der Waals surface area contributed by atoms with E-state index in [2.05, 4.69) is 15.0 Å². The quantitative estimate of drug-likeness (QED) is 0.837. The Morgan fingerprint density at radius 3 is 2.72 bits per heavy atom. The average Bonchev–Trinajstić information content (AvgIpc) is 2.80. The lowest BCUT2D eigenvalue weighted by molar-refractivity contribution is 0.551. The number of sulfonamides is 1. The van der Waals surface area contributed by atoms with Crippen LogP contribution in [-0.4, -0.2) is 32.5 Å². The third-order valence-electron chi connectivity index (χ3n) is 2.82. The molecule has 18 heavy (non-hydrogen) atoms. The Morgan fingerprint density at radius 2 is 2.11 bits per heavy atom. The molecular formula is C11H18ClN3O2S. The van der Waals surface area contributed by atoms with E-state index in [1.54, 1.807) is 24.5 Å². The van der Waals surface area contributed by atoms with Crippen molar-refractivity contribution in [3.05, 3.63) is 30.1 Å². The molecule has 0 radical (unpaired) electrons. The van der Waals surface area contributed by atoms with Gasteiger partial charge in [0.25, 0.3) is 0 Å². The number of nitrogens with zero attached hydrogens (tertiary/aromatic N) is 1. The van der Waals surface area contributed by atoms with Crippen LogP contribution in [0.2, 0.25) is 0 Å². The summed E-state index contributed by atoms with van der Waals surface area (Å²) in [6.07, 6.45) is 5.36. The van der Waals surface area contributed by atoms with Crippen LogP contribution in [0.4, 0.5) is 0 Å². The van der Waals surface area contributed by atoms with Crippen molar-refractivity contribution in [2.75, 3.05) is 13.1 Å². The minimum Gasteiger partial charge on any atom is -0.313 e. The number of hydrogen-bond donors (Lipinski definition) is 2. The predicted octanol–water partition coefficient (Wildman–Crippen LogP) is 0.675. The molecular weight excluding hydrogens is 274 g/mol. The fourth-order valence-corrected chi connectivity index (χ4v) is 3.10. The second kappa shape index (κ2) is 7.04. The Labute approximate surface area is 114 Å². The van der Waals surface area contributed by atoms with Crippen LogP contribution in [0.15, 0.2) is 24.5 Å². The van der Waals surface area contributed by atoms with Crippen molar-refractivity contribution in [2.45, 2.75) is 24.6 Å². The molecule has 2 heterocycles. The molecule has 1 atom stereocenters. The summed E-state index contributed by atoms with van der Waals surface area (Å²) in [6.45, 7) is 1.46. The molecule has 2 N–H and O–H groups in total. The van der Waals surface area contributed by atoms with E-state index in [0.717, 1.165) is 24.9 Å². The first kappa shape index (κ1) is 15.4. The highest BCUT2D eigenvalue weighted by molar-refractivity contribution is 7.88. The highest BCUT2D eigenvalue weighted by atomic mass is 35.5. The molecule has 7 heteroatoms. The van der Waals surface area contributed by atoms with Crippen molar-refractivity contribution < 1.29 is 8.42 Å². The predicted molar refractivity (Wildman–Crippen MR) is 73.1 cm³/mol. The second-order valence-corrected chi connectivity index (χ2v) is 6.06. The lowest BCUT2D eigenvalue weighted by Crippen LogP contribution is -2.37. The summed E-state index contributed by atoms with van der Waals surface area (Å²) >= 11 is 0. The number of halogens is 1. The van der Waals surface area contributed by atoms with Gasteiger partial charge in [-0.05, 0) is 37.1 Å². The summed E-state index contributed by atoms with van der Waals surface area (Å²) in [4.78, 5) is 3.86. The Balaban J connectivity index is 0.00000162. The Bertz CT molecular complexity index is 447. The van der Waals surface area contributed by atoms with Gasteiger partial charge >= 0.3 is 0 Å². The van der Waals surface area contributed by atoms with Crippen LogP contribution >= 0.6 is 12.4 Å². The maximum Gasteiger partial charge on any atom is 0.215 e. The van der Waals surface area contributed by atoms with Gasteiger partial charge in [-0.2, -0.15) is 0 Å². The van der Waals surface area contributed by atoms with Crippen LogP contribution in [-0.2, 0) is 15.8 Å². The summed E-state index contributed by atoms with van der Waals surface area (Å²) in [5.41, 5.74) is 0.756. The van der Waals surface area contributed by atoms with Gasteiger partial charge in [-0.25, -0.2) is 13.1 Å². The lowest BCUT2D eigenvalue weighted by Gasteiger charge is -2.11. The first-order valence-electron chi connectivity index (χ1n) is 5.75. The molecule has 102 valence electrons. The van der Waals surface area contributed by atoms with Crippen molar-refractivity contribution in [1.82, 2.24) is 15.0 Å². The third-order valence-corrected chi connectivity index (χ3v) is 4.14. The maximum atomic E-state index is 11.8. The van der Waals surface area contributed by atoms with E-state index < -0.39 is 10.0 Å². The molecule has 0 aromatic carbocycles. The molecule has 0 aliphatic carbocycles. The minimum absolute atomic E-state index is 0. The third kappa shape index (κ3) is 4.89. The van der Waals surface area contributed by atoms with Crippen molar-refractivity contribution in [3.63, 3.8) is 0 Å². The first-order chi connectivity index (χ1) is 8.16. The number of aromatic nitrogens is 1. The molecule has 1 aromatic rings. The molecule has 0 saturated carbocycles. The fourth-order valence-electron chi connectivity index (χ4n) is 1.91. The molecule has 1 aromatic heterocycles. The largest absolute Gasteiger partial charge is 0.313 e. The van der Waals surface area contributed by atoms with Gasteiger partial charge in [-0.1, -0.05) is 0 Å². The van der Waals surface area contributed by atoms with Gasteiger partial charge < -0.3 is 5.32 Å². The zero-order chi connectivity index (χ0) is 12.1. The first-order valence-corrected chi connectivity index (χ1v) is 7.40. The zero-order valence-corrected chi connectivity index (χ0v) is 11.6. The fraction of sp³-hybridized carbons (Fsp3) is 0.545. The van der Waals surface area contributed by atoms with Crippen LogP contribution in [0, 0.1) is 0 Å². The molecule has 5 nitrogen and oxygen atoms in total.